The third kappa shape index (κ3) is 2.54. The zero-order chi connectivity index (χ0) is 14.4. The molecule has 1 atom stereocenters. The van der Waals surface area contributed by atoms with Gasteiger partial charge >= 0.3 is 0 Å². The highest BCUT2D eigenvalue weighted by molar-refractivity contribution is 7.10. The molecule has 2 heterocycles. The Morgan fingerprint density at radius 1 is 1.38 bits per heavy atom. The van der Waals surface area contributed by atoms with Gasteiger partial charge in [-0.1, -0.05) is 17.7 Å². The topological polar surface area (TPSA) is 41.1 Å². The van der Waals surface area contributed by atoms with E-state index >= 15 is 0 Å². The molecule has 5 heteroatoms. The van der Waals surface area contributed by atoms with Crippen LogP contribution in [0.25, 0.3) is 0 Å². The Balaban J connectivity index is 1.64. The number of hydrogen-bond donors (Lipinski definition) is 2. The molecule has 21 heavy (non-hydrogen) atoms. The Labute approximate surface area is 132 Å². The number of hydrogen-bond acceptors (Lipinski definition) is 3. The molecule has 108 valence electrons. The van der Waals surface area contributed by atoms with Crippen molar-refractivity contribution in [3.63, 3.8) is 0 Å². The van der Waals surface area contributed by atoms with Crippen molar-refractivity contribution in [2.24, 2.45) is 5.92 Å². The number of benzene rings is 1. The normalized spacial score (nSPS) is 18.2. The highest BCUT2D eigenvalue weighted by Crippen LogP contribution is 2.45. The summed E-state index contributed by atoms with van der Waals surface area (Å²) in [7, 11) is 0. The standard InChI is InChI=1S/C16H15ClN2OS/c17-11-8-12-10(7-15(20)18-12)6-13(11)19-16(9-3-4-9)14-2-1-5-21-14/h1-2,5-6,8-9,16,19H,3-4,7H2,(H,18,20). The summed E-state index contributed by atoms with van der Waals surface area (Å²) < 4.78 is 0. The number of rotatable bonds is 4. The fourth-order valence-electron chi connectivity index (χ4n) is 2.85. The van der Waals surface area contributed by atoms with E-state index in [-0.39, 0.29) is 5.91 Å². The maximum Gasteiger partial charge on any atom is 0.228 e. The van der Waals surface area contributed by atoms with Gasteiger partial charge in [-0.3, -0.25) is 4.79 Å². The smallest absolute Gasteiger partial charge is 0.228 e. The lowest BCUT2D eigenvalue weighted by Crippen LogP contribution is -2.12. The lowest BCUT2D eigenvalue weighted by Gasteiger charge is -2.20. The van der Waals surface area contributed by atoms with Crippen LogP contribution in [0.1, 0.15) is 29.3 Å². The second kappa shape index (κ2) is 5.04. The number of nitrogens with one attached hydrogen (secondary N) is 2. The molecule has 1 aromatic heterocycles. The second-order valence-corrected chi connectivity index (χ2v) is 7.08. The quantitative estimate of drug-likeness (QED) is 0.874. The third-order valence-electron chi connectivity index (χ3n) is 4.07. The first-order valence-electron chi connectivity index (χ1n) is 7.13. The van der Waals surface area contributed by atoms with E-state index in [1.165, 1.54) is 17.7 Å². The summed E-state index contributed by atoms with van der Waals surface area (Å²) >= 11 is 8.15. The average molecular weight is 319 g/mol. The van der Waals surface area contributed by atoms with E-state index in [0.717, 1.165) is 16.9 Å². The summed E-state index contributed by atoms with van der Waals surface area (Å²) in [5.41, 5.74) is 2.79. The second-order valence-electron chi connectivity index (χ2n) is 5.69. The zero-order valence-corrected chi connectivity index (χ0v) is 12.9. The van der Waals surface area contributed by atoms with Crippen molar-refractivity contribution in [1.82, 2.24) is 0 Å². The number of fused-ring (bicyclic) bond motifs is 1. The Morgan fingerprint density at radius 2 is 2.24 bits per heavy atom. The lowest BCUT2D eigenvalue weighted by atomic mass is 10.1. The molecule has 0 saturated heterocycles. The fraction of sp³-hybridized carbons (Fsp3) is 0.312. The van der Waals surface area contributed by atoms with Crippen LogP contribution < -0.4 is 10.6 Å². The van der Waals surface area contributed by atoms with Gasteiger partial charge in [0.2, 0.25) is 5.91 Å². The molecule has 4 rings (SSSR count). The van der Waals surface area contributed by atoms with Crippen molar-refractivity contribution in [3.05, 3.63) is 45.1 Å². The molecule has 1 fully saturated rings. The van der Waals surface area contributed by atoms with Crippen LogP contribution in [0.3, 0.4) is 0 Å². The van der Waals surface area contributed by atoms with Crippen molar-refractivity contribution in [2.45, 2.75) is 25.3 Å². The third-order valence-corrected chi connectivity index (χ3v) is 5.34. The lowest BCUT2D eigenvalue weighted by molar-refractivity contribution is -0.115. The molecule has 1 unspecified atom stereocenters. The van der Waals surface area contributed by atoms with Crippen molar-refractivity contribution < 1.29 is 4.79 Å². The molecule has 0 radical (unpaired) electrons. The Kier molecular flexibility index (Phi) is 3.16. The van der Waals surface area contributed by atoms with Crippen LogP contribution in [0.15, 0.2) is 29.6 Å². The molecule has 1 saturated carbocycles. The molecule has 0 spiro atoms. The highest BCUT2D eigenvalue weighted by atomic mass is 35.5. The van der Waals surface area contributed by atoms with Crippen LogP contribution in [-0.2, 0) is 11.2 Å². The summed E-state index contributed by atoms with van der Waals surface area (Å²) in [5, 5.41) is 9.20. The van der Waals surface area contributed by atoms with Crippen molar-refractivity contribution in [3.8, 4) is 0 Å². The molecule has 1 aliphatic carbocycles. The summed E-state index contributed by atoms with van der Waals surface area (Å²) in [5.74, 6) is 0.725. The molecule has 3 nitrogen and oxygen atoms in total. The number of carbonyl (C=O) groups excluding carboxylic acids is 1. The number of halogens is 1. The first-order valence-corrected chi connectivity index (χ1v) is 8.38. The summed E-state index contributed by atoms with van der Waals surface area (Å²) in [6.45, 7) is 0. The molecule has 1 aromatic carbocycles. The molecule has 0 bridgehead atoms. The van der Waals surface area contributed by atoms with Crippen LogP contribution >= 0.6 is 22.9 Å². The van der Waals surface area contributed by atoms with Gasteiger partial charge in [-0.2, -0.15) is 0 Å². The predicted molar refractivity (Wildman–Crippen MR) is 87.2 cm³/mol. The number of carbonyl (C=O) groups is 1. The van der Waals surface area contributed by atoms with Crippen LogP contribution in [0.2, 0.25) is 5.02 Å². The van der Waals surface area contributed by atoms with Gasteiger partial charge in [-0.05, 0) is 47.9 Å². The first-order chi connectivity index (χ1) is 10.2. The van der Waals surface area contributed by atoms with Gasteiger partial charge in [0.1, 0.15) is 0 Å². The van der Waals surface area contributed by atoms with E-state index in [2.05, 4.69) is 28.1 Å². The van der Waals surface area contributed by atoms with Gasteiger partial charge in [0.15, 0.2) is 0 Å². The Morgan fingerprint density at radius 3 is 2.95 bits per heavy atom. The fourth-order valence-corrected chi connectivity index (χ4v) is 3.93. The van der Waals surface area contributed by atoms with Crippen molar-refractivity contribution >= 4 is 40.2 Å². The van der Waals surface area contributed by atoms with E-state index in [4.69, 9.17) is 11.6 Å². The SMILES string of the molecule is O=C1Cc2cc(NC(c3cccs3)C3CC3)c(Cl)cc2N1. The Hall–Kier alpha value is -1.52. The van der Waals surface area contributed by atoms with E-state index in [1.54, 1.807) is 11.3 Å². The average Bonchev–Trinajstić information content (AvgIpc) is 3.01. The molecule has 2 aliphatic rings. The monoisotopic (exact) mass is 318 g/mol. The minimum atomic E-state index is 0.0372. The van der Waals surface area contributed by atoms with Crippen molar-refractivity contribution in [1.29, 1.82) is 0 Å². The van der Waals surface area contributed by atoms with Gasteiger partial charge in [0.25, 0.3) is 0 Å². The van der Waals surface area contributed by atoms with Gasteiger partial charge in [0, 0.05) is 10.6 Å². The molecule has 1 amide bonds. The summed E-state index contributed by atoms with van der Waals surface area (Å²) in [6.07, 6.45) is 2.96. The maximum atomic E-state index is 11.5. The molecular weight excluding hydrogens is 304 g/mol. The van der Waals surface area contributed by atoms with E-state index in [0.29, 0.717) is 23.4 Å². The maximum absolute atomic E-state index is 11.5. The van der Waals surface area contributed by atoms with Gasteiger partial charge in [-0.15, -0.1) is 11.3 Å². The van der Waals surface area contributed by atoms with Crippen LogP contribution in [-0.4, -0.2) is 5.91 Å². The van der Waals surface area contributed by atoms with E-state index in [1.807, 2.05) is 12.1 Å². The summed E-state index contributed by atoms with van der Waals surface area (Å²) in [4.78, 5) is 12.8. The predicted octanol–water partition coefficient (Wildman–Crippen LogP) is 4.46. The van der Waals surface area contributed by atoms with Crippen LogP contribution in [0, 0.1) is 5.92 Å². The van der Waals surface area contributed by atoms with Crippen LogP contribution in [0.5, 0.6) is 0 Å². The van der Waals surface area contributed by atoms with E-state index < -0.39 is 0 Å². The zero-order valence-electron chi connectivity index (χ0n) is 11.4. The minimum Gasteiger partial charge on any atom is -0.376 e. The van der Waals surface area contributed by atoms with Gasteiger partial charge in [0.05, 0.1) is 23.2 Å². The largest absolute Gasteiger partial charge is 0.376 e. The summed E-state index contributed by atoms with van der Waals surface area (Å²) in [6, 6.07) is 8.45. The number of anilines is 2. The molecule has 1 aliphatic heterocycles. The van der Waals surface area contributed by atoms with Gasteiger partial charge < -0.3 is 10.6 Å². The van der Waals surface area contributed by atoms with E-state index in [9.17, 15) is 4.79 Å². The first kappa shape index (κ1) is 13.2. The molecule has 2 N–H and O–H groups in total. The minimum absolute atomic E-state index is 0.0372. The number of thiophene rings is 1. The van der Waals surface area contributed by atoms with Crippen LogP contribution in [0.4, 0.5) is 11.4 Å². The highest BCUT2D eigenvalue weighted by Gasteiger charge is 2.33. The van der Waals surface area contributed by atoms with Gasteiger partial charge in [-0.25, -0.2) is 0 Å². The molecular formula is C16H15ClN2OS. The van der Waals surface area contributed by atoms with Crippen molar-refractivity contribution in [2.75, 3.05) is 10.6 Å². The molecule has 2 aromatic rings. The Bertz CT molecular complexity index is 695. The number of amides is 1.